The van der Waals surface area contributed by atoms with Crippen molar-refractivity contribution in [2.75, 3.05) is 12.0 Å². The van der Waals surface area contributed by atoms with Crippen LogP contribution in [0.5, 0.6) is 0 Å². The number of sulfonamides is 1. The zero-order valence-electron chi connectivity index (χ0n) is 10.7. The van der Waals surface area contributed by atoms with Crippen molar-refractivity contribution in [1.82, 2.24) is 19.5 Å². The minimum Gasteiger partial charge on any atom is -0.308 e. The van der Waals surface area contributed by atoms with Crippen molar-refractivity contribution in [2.45, 2.75) is 17.9 Å². The second-order valence-electron chi connectivity index (χ2n) is 4.04. The van der Waals surface area contributed by atoms with Crippen LogP contribution in [0.15, 0.2) is 41.7 Å². The van der Waals surface area contributed by atoms with Gasteiger partial charge in [0.1, 0.15) is 10.7 Å². The first kappa shape index (κ1) is 14.4. The number of nitrogens with one attached hydrogen (secondary N) is 2. The Labute approximate surface area is 117 Å². The second kappa shape index (κ2) is 6.46. The van der Waals surface area contributed by atoms with Gasteiger partial charge in [0.15, 0.2) is 0 Å². The number of nitrogen functional groups attached to an aromatic ring is 1. The number of nitrogens with zero attached hydrogens (tertiary/aromatic N) is 3. The highest BCUT2D eigenvalue weighted by Crippen LogP contribution is 2.09. The van der Waals surface area contributed by atoms with Gasteiger partial charge in [-0.05, 0) is 24.6 Å². The molecule has 2 heterocycles. The van der Waals surface area contributed by atoms with Crippen molar-refractivity contribution in [3.05, 3.63) is 36.8 Å². The maximum Gasteiger partial charge on any atom is 0.242 e. The monoisotopic (exact) mass is 296 g/mol. The molecule has 2 aromatic heterocycles. The van der Waals surface area contributed by atoms with Crippen molar-refractivity contribution < 1.29 is 8.42 Å². The molecule has 0 aromatic carbocycles. The standard InChI is InChI=1S/C11H16N6O2S/c12-16-11-4-3-10(9-13-11)20(18,19)15-6-2-8-17-7-1-5-14-17/h1,3-5,7,9,15H,2,6,8,12H2,(H,13,16). The number of rotatable bonds is 7. The van der Waals surface area contributed by atoms with E-state index in [2.05, 4.69) is 20.2 Å². The summed E-state index contributed by atoms with van der Waals surface area (Å²) in [6, 6.07) is 4.76. The molecule has 2 rings (SSSR count). The number of hydrogen-bond donors (Lipinski definition) is 3. The minimum atomic E-state index is -3.54. The molecule has 0 fully saturated rings. The molecule has 4 N–H and O–H groups in total. The van der Waals surface area contributed by atoms with E-state index in [1.165, 1.54) is 18.3 Å². The van der Waals surface area contributed by atoms with Gasteiger partial charge in [0, 0.05) is 31.7 Å². The zero-order chi connectivity index (χ0) is 14.4. The summed E-state index contributed by atoms with van der Waals surface area (Å²) in [5.41, 5.74) is 2.34. The summed E-state index contributed by atoms with van der Waals surface area (Å²) in [5, 5.41) is 4.04. The minimum absolute atomic E-state index is 0.107. The molecule has 0 unspecified atom stereocenters. The SMILES string of the molecule is NNc1ccc(S(=O)(=O)NCCCn2cccn2)cn1. The van der Waals surface area contributed by atoms with E-state index >= 15 is 0 Å². The predicted molar refractivity (Wildman–Crippen MR) is 74.1 cm³/mol. The van der Waals surface area contributed by atoms with Gasteiger partial charge in [-0.15, -0.1) is 0 Å². The molecule has 0 bridgehead atoms. The first-order valence-electron chi connectivity index (χ1n) is 6.01. The van der Waals surface area contributed by atoms with Gasteiger partial charge < -0.3 is 5.43 Å². The molecule has 0 amide bonds. The summed E-state index contributed by atoms with van der Waals surface area (Å²) >= 11 is 0. The lowest BCUT2D eigenvalue weighted by Gasteiger charge is -2.07. The molecular weight excluding hydrogens is 280 g/mol. The van der Waals surface area contributed by atoms with Gasteiger partial charge in [-0.2, -0.15) is 5.10 Å². The highest BCUT2D eigenvalue weighted by atomic mass is 32.2. The van der Waals surface area contributed by atoms with Gasteiger partial charge in [-0.1, -0.05) is 0 Å². The largest absolute Gasteiger partial charge is 0.308 e. The Hall–Kier alpha value is -1.97. The van der Waals surface area contributed by atoms with Crippen molar-refractivity contribution in [3.63, 3.8) is 0 Å². The topological polar surface area (TPSA) is 115 Å². The zero-order valence-corrected chi connectivity index (χ0v) is 11.5. The summed E-state index contributed by atoms with van der Waals surface area (Å²) in [7, 11) is -3.54. The smallest absolute Gasteiger partial charge is 0.242 e. The van der Waals surface area contributed by atoms with Crippen LogP contribution in [-0.2, 0) is 16.6 Å². The van der Waals surface area contributed by atoms with Gasteiger partial charge in [-0.25, -0.2) is 24.0 Å². The van der Waals surface area contributed by atoms with Crippen molar-refractivity contribution in [1.29, 1.82) is 0 Å². The fourth-order valence-corrected chi connectivity index (χ4v) is 2.61. The fraction of sp³-hybridized carbons (Fsp3) is 0.273. The molecule has 0 radical (unpaired) electrons. The van der Waals surface area contributed by atoms with Gasteiger partial charge in [0.2, 0.25) is 10.0 Å². The van der Waals surface area contributed by atoms with Crippen LogP contribution in [0, 0.1) is 0 Å². The third kappa shape index (κ3) is 3.76. The number of pyridine rings is 1. The average molecular weight is 296 g/mol. The number of hydrogen-bond acceptors (Lipinski definition) is 6. The molecule has 9 heteroatoms. The van der Waals surface area contributed by atoms with E-state index in [1.54, 1.807) is 10.9 Å². The Kier molecular flexibility index (Phi) is 4.66. The second-order valence-corrected chi connectivity index (χ2v) is 5.81. The number of hydrazine groups is 1. The molecule has 8 nitrogen and oxygen atoms in total. The van der Waals surface area contributed by atoms with Crippen LogP contribution in [0.2, 0.25) is 0 Å². The molecule has 0 atom stereocenters. The van der Waals surface area contributed by atoms with Crippen LogP contribution < -0.4 is 16.0 Å². The van der Waals surface area contributed by atoms with Crippen molar-refractivity contribution in [2.24, 2.45) is 5.84 Å². The lowest BCUT2D eigenvalue weighted by Crippen LogP contribution is -2.25. The van der Waals surface area contributed by atoms with Crippen molar-refractivity contribution >= 4 is 15.8 Å². The van der Waals surface area contributed by atoms with Crippen LogP contribution in [0.3, 0.4) is 0 Å². The van der Waals surface area contributed by atoms with Gasteiger partial charge in [0.05, 0.1) is 0 Å². The predicted octanol–water partition coefficient (Wildman–Crippen LogP) is -0.0677. The summed E-state index contributed by atoms with van der Waals surface area (Å²) in [6.07, 6.45) is 5.42. The van der Waals surface area contributed by atoms with E-state index in [1.807, 2.05) is 12.3 Å². The lowest BCUT2D eigenvalue weighted by atomic mass is 10.4. The number of aryl methyl sites for hydroxylation is 1. The Balaban J connectivity index is 1.86. The number of nitrogens with two attached hydrogens (primary N) is 1. The highest BCUT2D eigenvalue weighted by molar-refractivity contribution is 7.89. The summed E-state index contributed by atoms with van der Waals surface area (Å²) < 4.78 is 28.2. The third-order valence-corrected chi connectivity index (χ3v) is 4.06. The third-order valence-electron chi connectivity index (χ3n) is 2.61. The molecule has 0 spiro atoms. The first-order valence-corrected chi connectivity index (χ1v) is 7.50. The molecule has 20 heavy (non-hydrogen) atoms. The first-order chi connectivity index (χ1) is 9.62. The maximum absolute atomic E-state index is 12.0. The lowest BCUT2D eigenvalue weighted by molar-refractivity contribution is 0.553. The molecule has 108 valence electrons. The molecule has 0 aliphatic heterocycles. The van der Waals surface area contributed by atoms with E-state index in [0.29, 0.717) is 25.3 Å². The van der Waals surface area contributed by atoms with E-state index in [-0.39, 0.29) is 4.90 Å². The van der Waals surface area contributed by atoms with Gasteiger partial charge in [-0.3, -0.25) is 4.68 Å². The molecule has 2 aromatic rings. The molecule has 0 saturated carbocycles. The van der Waals surface area contributed by atoms with E-state index in [9.17, 15) is 8.42 Å². The van der Waals surface area contributed by atoms with Crippen LogP contribution in [0.4, 0.5) is 5.82 Å². The highest BCUT2D eigenvalue weighted by Gasteiger charge is 2.13. The normalized spacial score (nSPS) is 11.4. The summed E-state index contributed by atoms with van der Waals surface area (Å²) in [4.78, 5) is 3.97. The molecule has 0 aliphatic rings. The Morgan fingerprint density at radius 1 is 1.35 bits per heavy atom. The number of anilines is 1. The van der Waals surface area contributed by atoms with Crippen LogP contribution in [-0.4, -0.2) is 29.7 Å². The van der Waals surface area contributed by atoms with Crippen LogP contribution >= 0.6 is 0 Å². The van der Waals surface area contributed by atoms with E-state index < -0.39 is 10.0 Å². The average Bonchev–Trinajstić information content (AvgIpc) is 2.97. The van der Waals surface area contributed by atoms with E-state index in [0.717, 1.165) is 0 Å². The van der Waals surface area contributed by atoms with Gasteiger partial charge >= 0.3 is 0 Å². The number of aromatic nitrogens is 3. The summed E-state index contributed by atoms with van der Waals surface area (Å²) in [5.74, 6) is 5.57. The van der Waals surface area contributed by atoms with Crippen molar-refractivity contribution in [3.8, 4) is 0 Å². The van der Waals surface area contributed by atoms with E-state index in [4.69, 9.17) is 5.84 Å². The Morgan fingerprint density at radius 3 is 2.80 bits per heavy atom. The molecule has 0 aliphatic carbocycles. The Morgan fingerprint density at radius 2 is 2.20 bits per heavy atom. The van der Waals surface area contributed by atoms with Gasteiger partial charge in [0.25, 0.3) is 0 Å². The van der Waals surface area contributed by atoms with Crippen LogP contribution in [0.1, 0.15) is 6.42 Å². The van der Waals surface area contributed by atoms with Crippen LogP contribution in [0.25, 0.3) is 0 Å². The molecular formula is C11H16N6O2S. The quantitative estimate of drug-likeness (QED) is 0.374. The Bertz CT molecular complexity index is 623. The summed E-state index contributed by atoms with van der Waals surface area (Å²) in [6.45, 7) is 0.989. The molecule has 0 saturated heterocycles. The fourth-order valence-electron chi connectivity index (χ4n) is 1.59. The maximum atomic E-state index is 12.0.